The second-order valence-electron chi connectivity index (χ2n) is 3.71. The van der Waals surface area contributed by atoms with Gasteiger partial charge in [0.05, 0.1) is 0 Å². The van der Waals surface area contributed by atoms with E-state index in [1.165, 1.54) is 0 Å². The largest absolute Gasteiger partial charge is 0.352 e. The Hall–Kier alpha value is -1.57. The smallest absolute Gasteiger partial charge is 0.222 e. The Labute approximate surface area is 91.0 Å². The maximum atomic E-state index is 11.2. The molecule has 2 heteroatoms. The van der Waals surface area contributed by atoms with Crippen LogP contribution in [0.5, 0.6) is 0 Å². The van der Waals surface area contributed by atoms with Gasteiger partial charge in [-0.05, 0) is 5.56 Å². The third kappa shape index (κ3) is 4.45. The molecular formula is C13H17NO. The van der Waals surface area contributed by atoms with Gasteiger partial charge in [0, 0.05) is 12.5 Å². The molecule has 80 valence electrons. The first-order valence-corrected chi connectivity index (χ1v) is 5.19. The fourth-order valence-electron chi connectivity index (χ4n) is 1.12. The molecule has 0 aliphatic carbocycles. The van der Waals surface area contributed by atoms with Gasteiger partial charge in [0.25, 0.3) is 0 Å². The van der Waals surface area contributed by atoms with Crippen LogP contribution in [0.15, 0.2) is 36.4 Å². The van der Waals surface area contributed by atoms with E-state index in [1.54, 1.807) is 0 Å². The first-order chi connectivity index (χ1) is 7.20. The number of nitrogens with one attached hydrogen (secondary N) is 1. The summed E-state index contributed by atoms with van der Waals surface area (Å²) in [6.45, 7) is 4.36. The van der Waals surface area contributed by atoms with E-state index >= 15 is 0 Å². The van der Waals surface area contributed by atoms with Gasteiger partial charge in [-0.3, -0.25) is 4.79 Å². The van der Waals surface area contributed by atoms with Crippen molar-refractivity contribution in [3.8, 4) is 0 Å². The summed E-state index contributed by atoms with van der Waals surface area (Å²) in [5.41, 5.74) is 1.15. The average molecular weight is 203 g/mol. The first-order valence-electron chi connectivity index (χ1n) is 5.19. The summed E-state index contributed by atoms with van der Waals surface area (Å²) < 4.78 is 0. The van der Waals surface area contributed by atoms with Gasteiger partial charge in [-0.2, -0.15) is 0 Å². The van der Waals surface area contributed by atoms with Crippen LogP contribution in [0.3, 0.4) is 0 Å². The van der Waals surface area contributed by atoms with E-state index in [4.69, 9.17) is 0 Å². The predicted octanol–water partition coefficient (Wildman–Crippen LogP) is 2.47. The SMILES string of the molecule is CC(C)C(=O)NC/C=C\c1ccccc1. The van der Waals surface area contributed by atoms with Crippen LogP contribution in [0.2, 0.25) is 0 Å². The minimum atomic E-state index is 0.0510. The summed E-state index contributed by atoms with van der Waals surface area (Å²) >= 11 is 0. The highest BCUT2D eigenvalue weighted by atomic mass is 16.1. The number of hydrogen-bond donors (Lipinski definition) is 1. The molecule has 0 unspecified atom stereocenters. The second kappa shape index (κ2) is 6.02. The van der Waals surface area contributed by atoms with Gasteiger partial charge in [-0.25, -0.2) is 0 Å². The van der Waals surface area contributed by atoms with Crippen molar-refractivity contribution in [3.63, 3.8) is 0 Å². The molecule has 0 aromatic heterocycles. The lowest BCUT2D eigenvalue weighted by molar-refractivity contribution is -0.123. The third-order valence-electron chi connectivity index (χ3n) is 2.03. The molecule has 0 heterocycles. The lowest BCUT2D eigenvalue weighted by Crippen LogP contribution is -2.27. The van der Waals surface area contributed by atoms with E-state index in [0.717, 1.165) is 5.56 Å². The fraction of sp³-hybridized carbons (Fsp3) is 0.308. The van der Waals surface area contributed by atoms with Crippen molar-refractivity contribution in [2.24, 2.45) is 5.92 Å². The zero-order chi connectivity index (χ0) is 11.1. The molecule has 1 N–H and O–H groups in total. The Morgan fingerprint density at radius 2 is 2.00 bits per heavy atom. The summed E-state index contributed by atoms with van der Waals surface area (Å²) in [7, 11) is 0. The van der Waals surface area contributed by atoms with Crippen molar-refractivity contribution in [2.45, 2.75) is 13.8 Å². The number of amides is 1. The molecule has 0 radical (unpaired) electrons. The maximum Gasteiger partial charge on any atom is 0.222 e. The summed E-state index contributed by atoms with van der Waals surface area (Å²) in [4.78, 5) is 11.2. The minimum absolute atomic E-state index is 0.0510. The number of benzene rings is 1. The van der Waals surface area contributed by atoms with Crippen molar-refractivity contribution >= 4 is 12.0 Å². The van der Waals surface area contributed by atoms with Crippen LogP contribution in [0, 0.1) is 5.92 Å². The van der Waals surface area contributed by atoms with E-state index in [1.807, 2.05) is 56.3 Å². The highest BCUT2D eigenvalue weighted by Crippen LogP contribution is 2.00. The van der Waals surface area contributed by atoms with Gasteiger partial charge < -0.3 is 5.32 Å². The van der Waals surface area contributed by atoms with E-state index < -0.39 is 0 Å². The quantitative estimate of drug-likeness (QED) is 0.800. The summed E-state index contributed by atoms with van der Waals surface area (Å²) in [6, 6.07) is 10.0. The molecular weight excluding hydrogens is 186 g/mol. The Morgan fingerprint density at radius 3 is 2.60 bits per heavy atom. The Balaban J connectivity index is 2.32. The van der Waals surface area contributed by atoms with Gasteiger partial charge in [0.2, 0.25) is 5.91 Å². The Kier molecular flexibility index (Phi) is 4.61. The highest BCUT2D eigenvalue weighted by Gasteiger charge is 2.03. The standard InChI is InChI=1S/C13H17NO/c1-11(2)13(15)14-10-6-9-12-7-4-3-5-8-12/h3-9,11H,10H2,1-2H3,(H,14,15)/b9-6-. The molecule has 0 atom stereocenters. The van der Waals surface area contributed by atoms with Crippen molar-refractivity contribution in [3.05, 3.63) is 42.0 Å². The minimum Gasteiger partial charge on any atom is -0.352 e. The van der Waals surface area contributed by atoms with Crippen molar-refractivity contribution in [2.75, 3.05) is 6.54 Å². The maximum absolute atomic E-state index is 11.2. The summed E-state index contributed by atoms with van der Waals surface area (Å²) in [5, 5.41) is 2.83. The molecule has 1 aromatic carbocycles. The molecule has 2 nitrogen and oxygen atoms in total. The summed E-state index contributed by atoms with van der Waals surface area (Å²) in [6.07, 6.45) is 3.95. The fourth-order valence-corrected chi connectivity index (χ4v) is 1.12. The molecule has 0 aliphatic heterocycles. The van der Waals surface area contributed by atoms with Crippen molar-refractivity contribution in [1.82, 2.24) is 5.32 Å². The van der Waals surface area contributed by atoms with Crippen LogP contribution in [0.1, 0.15) is 19.4 Å². The third-order valence-corrected chi connectivity index (χ3v) is 2.03. The number of carbonyl (C=O) groups excluding carboxylic acids is 1. The van der Waals surface area contributed by atoms with Gasteiger partial charge >= 0.3 is 0 Å². The number of rotatable bonds is 4. The van der Waals surface area contributed by atoms with Crippen LogP contribution in [0.4, 0.5) is 0 Å². The molecule has 0 saturated carbocycles. The molecule has 1 amide bonds. The number of carbonyl (C=O) groups is 1. The Morgan fingerprint density at radius 1 is 1.33 bits per heavy atom. The van der Waals surface area contributed by atoms with Crippen LogP contribution >= 0.6 is 0 Å². The molecule has 1 rings (SSSR count). The van der Waals surface area contributed by atoms with Crippen molar-refractivity contribution in [1.29, 1.82) is 0 Å². The Bertz CT molecular complexity index is 328. The molecule has 0 fully saturated rings. The van der Waals surface area contributed by atoms with Crippen LogP contribution < -0.4 is 5.32 Å². The van der Waals surface area contributed by atoms with E-state index in [2.05, 4.69) is 5.32 Å². The van der Waals surface area contributed by atoms with Gasteiger partial charge in [-0.15, -0.1) is 0 Å². The lowest BCUT2D eigenvalue weighted by Gasteiger charge is -2.03. The van der Waals surface area contributed by atoms with E-state index in [-0.39, 0.29) is 11.8 Å². The molecule has 0 bridgehead atoms. The second-order valence-corrected chi connectivity index (χ2v) is 3.71. The van der Waals surface area contributed by atoms with Crippen LogP contribution in [-0.2, 0) is 4.79 Å². The molecule has 15 heavy (non-hydrogen) atoms. The number of hydrogen-bond acceptors (Lipinski definition) is 1. The summed E-state index contributed by atoms with van der Waals surface area (Å²) in [5.74, 6) is 0.142. The molecule has 0 aliphatic rings. The monoisotopic (exact) mass is 203 g/mol. The first kappa shape index (κ1) is 11.5. The van der Waals surface area contributed by atoms with Crippen LogP contribution in [0.25, 0.3) is 6.08 Å². The van der Waals surface area contributed by atoms with E-state index in [0.29, 0.717) is 6.54 Å². The van der Waals surface area contributed by atoms with Gasteiger partial charge in [-0.1, -0.05) is 56.3 Å². The zero-order valence-electron chi connectivity index (χ0n) is 9.23. The lowest BCUT2D eigenvalue weighted by atomic mass is 10.2. The van der Waals surface area contributed by atoms with Gasteiger partial charge in [0.1, 0.15) is 0 Å². The molecule has 0 saturated heterocycles. The highest BCUT2D eigenvalue weighted by molar-refractivity contribution is 5.78. The normalized spacial score (nSPS) is 10.9. The van der Waals surface area contributed by atoms with E-state index in [9.17, 15) is 4.79 Å². The molecule has 1 aromatic rings. The van der Waals surface area contributed by atoms with Crippen molar-refractivity contribution < 1.29 is 4.79 Å². The average Bonchev–Trinajstić information content (AvgIpc) is 2.25. The topological polar surface area (TPSA) is 29.1 Å². The molecule has 0 spiro atoms. The predicted molar refractivity (Wildman–Crippen MR) is 63.3 cm³/mol. The van der Waals surface area contributed by atoms with Gasteiger partial charge in [0.15, 0.2) is 0 Å². The zero-order valence-corrected chi connectivity index (χ0v) is 9.23. The van der Waals surface area contributed by atoms with Crippen LogP contribution in [-0.4, -0.2) is 12.5 Å².